The van der Waals surface area contributed by atoms with E-state index < -0.39 is 6.04 Å². The summed E-state index contributed by atoms with van der Waals surface area (Å²) in [5.74, 6) is 0.469. The Morgan fingerprint density at radius 3 is 2.50 bits per heavy atom. The van der Waals surface area contributed by atoms with Gasteiger partial charge in [-0.05, 0) is 67.4 Å². The van der Waals surface area contributed by atoms with Crippen molar-refractivity contribution >= 4 is 56.6 Å². The Labute approximate surface area is 287 Å². The van der Waals surface area contributed by atoms with Gasteiger partial charge in [0, 0.05) is 52.9 Å². The number of hydrogen-bond donors (Lipinski definition) is 0. The third kappa shape index (κ3) is 5.45. The van der Waals surface area contributed by atoms with Crippen LogP contribution in [-0.2, 0) is 11.3 Å². The molecule has 242 valence electrons. The summed E-state index contributed by atoms with van der Waals surface area (Å²) in [5.41, 5.74) is 4.70. The van der Waals surface area contributed by atoms with Gasteiger partial charge in [-0.15, -0.1) is 0 Å². The Morgan fingerprint density at radius 1 is 1.00 bits per heavy atom. The van der Waals surface area contributed by atoms with Crippen LogP contribution in [0.15, 0.2) is 112 Å². The summed E-state index contributed by atoms with van der Waals surface area (Å²) in [4.78, 5) is 36.2. The third-order valence-corrected chi connectivity index (χ3v) is 10.3. The molecule has 7 rings (SSSR count). The molecule has 0 unspecified atom stereocenters. The van der Waals surface area contributed by atoms with Gasteiger partial charge >= 0.3 is 0 Å². The van der Waals surface area contributed by atoms with Crippen molar-refractivity contribution in [2.45, 2.75) is 33.4 Å². The smallest absolute Gasteiger partial charge is 0.271 e. The number of methoxy groups -OCH3 is 1. The average Bonchev–Trinajstić information content (AvgIpc) is 3.59. The lowest BCUT2D eigenvalue weighted by atomic mass is 9.90. The zero-order valence-electron chi connectivity index (χ0n) is 27.2. The molecule has 7 nitrogen and oxygen atoms in total. The maximum atomic E-state index is 14.7. The van der Waals surface area contributed by atoms with Gasteiger partial charge < -0.3 is 14.2 Å². The van der Waals surface area contributed by atoms with Crippen LogP contribution < -0.4 is 19.6 Å². The predicted molar refractivity (Wildman–Crippen MR) is 195 cm³/mol. The molecule has 0 N–H and O–H groups in total. The van der Waals surface area contributed by atoms with Crippen molar-refractivity contribution in [3.63, 3.8) is 0 Å². The highest BCUT2D eigenvalue weighted by molar-refractivity contribution is 7.07. The maximum Gasteiger partial charge on any atom is 0.271 e. The van der Waals surface area contributed by atoms with Crippen LogP contribution in [0.1, 0.15) is 43.5 Å². The van der Waals surface area contributed by atoms with Crippen LogP contribution in [0.25, 0.3) is 27.8 Å². The summed E-state index contributed by atoms with van der Waals surface area (Å²) in [6.07, 6.45) is 4.03. The molecule has 0 radical (unpaired) electrons. The number of thiazole rings is 1. The second-order valence-corrected chi connectivity index (χ2v) is 13.3. The highest BCUT2D eigenvalue weighted by atomic mass is 35.5. The summed E-state index contributed by atoms with van der Waals surface area (Å²) >= 11 is 7.63. The van der Waals surface area contributed by atoms with Crippen LogP contribution in [-0.4, -0.2) is 40.1 Å². The molecule has 9 heteroatoms. The van der Waals surface area contributed by atoms with Crippen molar-refractivity contribution in [2.75, 3.05) is 20.2 Å². The number of aromatic nitrogens is 2. The minimum Gasteiger partial charge on any atom is -0.496 e. The standard InChI is InChI=1S/C39H35ClN4O3S/c1-5-42(6-2)38(46)34-24(3)41-39-44(36(34)35-30-16-8-7-13-26(30)18-19-32(35)47-4)37(45)33(48-39)21-27-23-43(31-17-10-9-15-29(27)31)22-25-12-11-14-28(40)20-25/h7-21,23,36H,5-6,22H2,1-4H3/b33-21+/t36-/m1/s1. The van der Waals surface area contributed by atoms with Crippen LogP contribution in [0.4, 0.5) is 0 Å². The fourth-order valence-corrected chi connectivity index (χ4v) is 8.03. The van der Waals surface area contributed by atoms with Gasteiger partial charge in [0.2, 0.25) is 0 Å². The van der Waals surface area contributed by atoms with Crippen LogP contribution in [0, 0.1) is 0 Å². The summed E-state index contributed by atoms with van der Waals surface area (Å²) in [5, 5.41) is 3.63. The van der Waals surface area contributed by atoms with E-state index in [1.54, 1.807) is 16.6 Å². The highest BCUT2D eigenvalue weighted by Gasteiger charge is 2.36. The largest absolute Gasteiger partial charge is 0.496 e. The molecule has 1 aliphatic heterocycles. The number of hydrogen-bond acceptors (Lipinski definition) is 5. The first kappa shape index (κ1) is 31.7. The molecule has 4 aromatic carbocycles. The molecule has 1 aliphatic rings. The van der Waals surface area contributed by atoms with E-state index in [2.05, 4.69) is 29.0 Å². The summed E-state index contributed by atoms with van der Waals surface area (Å²) in [6, 6.07) is 27.2. The Balaban J connectivity index is 1.46. The number of carbonyl (C=O) groups excluding carboxylic acids is 1. The minimum atomic E-state index is -0.735. The number of nitrogens with zero attached hydrogens (tertiary/aromatic N) is 4. The molecule has 0 saturated carbocycles. The number of likely N-dealkylation sites (N-methyl/N-ethyl adjacent to an activating group) is 1. The second kappa shape index (κ2) is 12.9. The van der Waals surface area contributed by atoms with Crippen molar-refractivity contribution in [3.05, 3.63) is 144 Å². The molecule has 0 aliphatic carbocycles. The number of ether oxygens (including phenoxy) is 1. The molecule has 0 bridgehead atoms. The van der Waals surface area contributed by atoms with Crippen molar-refractivity contribution in [2.24, 2.45) is 4.99 Å². The topological polar surface area (TPSA) is 68.8 Å². The van der Waals surface area contributed by atoms with Gasteiger partial charge in [0.15, 0.2) is 4.80 Å². The number of para-hydroxylation sites is 1. The number of rotatable bonds is 8. The van der Waals surface area contributed by atoms with E-state index in [1.807, 2.05) is 93.6 Å². The zero-order chi connectivity index (χ0) is 33.5. The van der Waals surface area contributed by atoms with E-state index in [1.165, 1.54) is 11.3 Å². The van der Waals surface area contributed by atoms with E-state index in [0.717, 1.165) is 38.4 Å². The summed E-state index contributed by atoms with van der Waals surface area (Å²) in [7, 11) is 1.62. The SMILES string of the molecule is CCN(CC)C(=O)C1=C(C)N=c2s/c(=C/c3cn(Cc4cccc(Cl)c4)c4ccccc34)c(=O)n2[C@H]1c1c(OC)ccc2ccccc12. The molecule has 1 amide bonds. The summed E-state index contributed by atoms with van der Waals surface area (Å²) in [6.45, 7) is 7.49. The van der Waals surface area contributed by atoms with E-state index in [9.17, 15) is 9.59 Å². The van der Waals surface area contributed by atoms with E-state index in [0.29, 0.717) is 51.0 Å². The fraction of sp³-hybridized carbons (Fsp3) is 0.205. The molecular formula is C39H35ClN4O3S. The van der Waals surface area contributed by atoms with Crippen LogP contribution in [0.2, 0.25) is 5.02 Å². The second-order valence-electron chi connectivity index (χ2n) is 11.8. The van der Waals surface area contributed by atoms with Gasteiger partial charge in [-0.2, -0.15) is 0 Å². The first-order chi connectivity index (χ1) is 23.3. The molecule has 2 aromatic heterocycles. The van der Waals surface area contributed by atoms with Crippen molar-refractivity contribution in [1.82, 2.24) is 14.0 Å². The van der Waals surface area contributed by atoms with Crippen LogP contribution >= 0.6 is 22.9 Å². The number of carbonyl (C=O) groups is 1. The number of fused-ring (bicyclic) bond motifs is 3. The fourth-order valence-electron chi connectivity index (χ4n) is 6.78. The number of halogens is 1. The lowest BCUT2D eigenvalue weighted by Crippen LogP contribution is -2.43. The van der Waals surface area contributed by atoms with Gasteiger partial charge in [0.25, 0.3) is 11.5 Å². The Hall–Kier alpha value is -4.92. The van der Waals surface area contributed by atoms with Crippen molar-refractivity contribution in [3.8, 4) is 5.75 Å². The third-order valence-electron chi connectivity index (χ3n) is 9.07. The molecule has 48 heavy (non-hydrogen) atoms. The number of amides is 1. The van der Waals surface area contributed by atoms with E-state index in [-0.39, 0.29) is 11.5 Å². The molecule has 0 saturated heterocycles. The van der Waals surface area contributed by atoms with E-state index in [4.69, 9.17) is 21.3 Å². The first-order valence-corrected chi connectivity index (χ1v) is 17.2. The number of benzene rings is 4. The predicted octanol–water partition coefficient (Wildman–Crippen LogP) is 6.92. The monoisotopic (exact) mass is 674 g/mol. The highest BCUT2D eigenvalue weighted by Crippen LogP contribution is 2.40. The lowest BCUT2D eigenvalue weighted by Gasteiger charge is -2.30. The van der Waals surface area contributed by atoms with Crippen LogP contribution in [0.5, 0.6) is 5.75 Å². The number of allylic oxidation sites excluding steroid dienone is 1. The van der Waals surface area contributed by atoms with Gasteiger partial charge in [-0.3, -0.25) is 14.2 Å². The molecular weight excluding hydrogens is 640 g/mol. The van der Waals surface area contributed by atoms with Gasteiger partial charge in [-0.1, -0.05) is 83.6 Å². The normalized spacial score (nSPS) is 14.8. The molecule has 0 spiro atoms. The Bertz CT molecular complexity index is 2430. The molecule has 1 atom stereocenters. The van der Waals surface area contributed by atoms with Gasteiger partial charge in [0.05, 0.1) is 22.9 Å². The first-order valence-electron chi connectivity index (χ1n) is 16.0. The molecule has 3 heterocycles. The van der Waals surface area contributed by atoms with Gasteiger partial charge in [-0.25, -0.2) is 4.99 Å². The quantitative estimate of drug-likeness (QED) is 0.176. The van der Waals surface area contributed by atoms with E-state index >= 15 is 0 Å². The summed E-state index contributed by atoms with van der Waals surface area (Å²) < 4.78 is 10.3. The minimum absolute atomic E-state index is 0.139. The maximum absolute atomic E-state index is 14.7. The average molecular weight is 675 g/mol. The lowest BCUT2D eigenvalue weighted by molar-refractivity contribution is -0.127. The van der Waals surface area contributed by atoms with Crippen LogP contribution in [0.3, 0.4) is 0 Å². The Kier molecular flexibility index (Phi) is 8.54. The Morgan fingerprint density at radius 2 is 1.75 bits per heavy atom. The van der Waals surface area contributed by atoms with Crippen molar-refractivity contribution in [1.29, 1.82) is 0 Å². The van der Waals surface area contributed by atoms with Crippen molar-refractivity contribution < 1.29 is 9.53 Å². The van der Waals surface area contributed by atoms with Gasteiger partial charge in [0.1, 0.15) is 11.8 Å². The zero-order valence-corrected chi connectivity index (χ0v) is 28.8. The molecule has 6 aromatic rings. The molecule has 0 fully saturated rings.